The van der Waals surface area contributed by atoms with Gasteiger partial charge in [-0.2, -0.15) is 0 Å². The first-order chi connectivity index (χ1) is 20.6. The van der Waals surface area contributed by atoms with Gasteiger partial charge in [0, 0.05) is 66.3 Å². The molecule has 3 aliphatic heterocycles. The van der Waals surface area contributed by atoms with Gasteiger partial charge in [0.1, 0.15) is 6.61 Å². The first kappa shape index (κ1) is 27.1. The molecular formula is C36H42N4O2. The number of H-pyrrole nitrogens is 1. The van der Waals surface area contributed by atoms with E-state index in [1.807, 2.05) is 35.2 Å². The number of likely N-dealkylation sites (N-methyl/N-ethyl adjacent to an activating group) is 2. The van der Waals surface area contributed by atoms with Crippen molar-refractivity contribution in [2.45, 2.75) is 57.1 Å². The molecular weight excluding hydrogens is 520 g/mol. The van der Waals surface area contributed by atoms with Crippen molar-refractivity contribution < 1.29 is 9.53 Å². The van der Waals surface area contributed by atoms with Crippen LogP contribution in [0.2, 0.25) is 0 Å². The van der Waals surface area contributed by atoms with Crippen molar-refractivity contribution >= 4 is 22.7 Å². The number of amides is 1. The number of piperidine rings is 1. The average Bonchev–Trinajstić information content (AvgIpc) is 3.56. The van der Waals surface area contributed by atoms with Crippen LogP contribution in [0.15, 0.2) is 72.8 Å². The van der Waals surface area contributed by atoms with Crippen molar-refractivity contribution in [1.82, 2.24) is 14.8 Å². The molecule has 4 heterocycles. The lowest BCUT2D eigenvalue weighted by molar-refractivity contribution is 0.0960. The number of aromatic nitrogens is 1. The summed E-state index contributed by atoms with van der Waals surface area (Å²) in [5, 5.41) is 1.27. The monoisotopic (exact) mass is 562 g/mol. The highest BCUT2D eigenvalue weighted by atomic mass is 16.6. The van der Waals surface area contributed by atoms with Crippen molar-refractivity contribution in [3.05, 3.63) is 101 Å². The van der Waals surface area contributed by atoms with Gasteiger partial charge < -0.3 is 24.4 Å². The Morgan fingerprint density at radius 2 is 1.81 bits per heavy atom. The number of carbonyl (C=O) groups is 1. The maximum absolute atomic E-state index is 13.2. The number of aromatic amines is 1. The predicted molar refractivity (Wildman–Crippen MR) is 169 cm³/mol. The van der Waals surface area contributed by atoms with Gasteiger partial charge in [0.2, 0.25) is 0 Å². The lowest BCUT2D eigenvalue weighted by Gasteiger charge is -2.37. The summed E-state index contributed by atoms with van der Waals surface area (Å²) in [5.41, 5.74) is 9.19. The number of ether oxygens (including phenoxy) is 1. The van der Waals surface area contributed by atoms with Crippen LogP contribution < -0.4 is 4.90 Å². The molecule has 42 heavy (non-hydrogen) atoms. The maximum Gasteiger partial charge on any atom is 0.410 e. The van der Waals surface area contributed by atoms with E-state index in [-0.39, 0.29) is 12.0 Å². The van der Waals surface area contributed by atoms with Crippen molar-refractivity contribution in [2.75, 3.05) is 44.7 Å². The van der Waals surface area contributed by atoms with Gasteiger partial charge in [0.25, 0.3) is 0 Å². The van der Waals surface area contributed by atoms with Gasteiger partial charge in [-0.05, 0) is 80.6 Å². The van der Waals surface area contributed by atoms with Crippen LogP contribution in [0.5, 0.6) is 0 Å². The van der Waals surface area contributed by atoms with Crippen LogP contribution in [0, 0.1) is 0 Å². The molecule has 0 saturated carbocycles. The number of nitrogens with one attached hydrogen (secondary N) is 1. The number of anilines is 1. The van der Waals surface area contributed by atoms with Crippen molar-refractivity contribution in [2.24, 2.45) is 0 Å². The number of rotatable bonds is 4. The van der Waals surface area contributed by atoms with Gasteiger partial charge >= 0.3 is 6.09 Å². The summed E-state index contributed by atoms with van der Waals surface area (Å²) in [6.45, 7) is 7.31. The number of likely N-dealkylation sites (tertiary alicyclic amines) is 1. The third-order valence-corrected chi connectivity index (χ3v) is 9.89. The molecule has 1 saturated heterocycles. The standard InChI is InChI=1S/C36H42N4O2/c1-3-40-33-16-15-26(22-30(33)31-23-38(2)20-18-34(31)40)27-13-9-19-39(36(41)42-24-25-10-5-4-6-11-25)21-17-29-28-12-7-8-14-32(28)37-35(27)29/h4-8,10-12,14-16,22,27,31,34,37H,3,9,13,17-21,23-24H2,1-2H3/t27?,31-,34+/m0/s1. The first-order valence-electron chi connectivity index (χ1n) is 15.7. The molecule has 3 atom stereocenters. The average molecular weight is 563 g/mol. The minimum Gasteiger partial charge on any atom is -0.445 e. The number of fused-ring (bicyclic) bond motifs is 6. The highest BCUT2D eigenvalue weighted by Crippen LogP contribution is 2.46. The Labute approximate surface area is 249 Å². The lowest BCUT2D eigenvalue weighted by Crippen LogP contribution is -2.44. The van der Waals surface area contributed by atoms with E-state index in [1.54, 1.807) is 0 Å². The quantitative estimate of drug-likeness (QED) is 0.294. The molecule has 1 amide bonds. The molecule has 6 nitrogen and oxygen atoms in total. The Balaban J connectivity index is 1.20. The third kappa shape index (κ3) is 4.96. The minimum absolute atomic E-state index is 0.219. The number of nitrogens with zero attached hydrogens (tertiary/aromatic N) is 3. The molecule has 6 heteroatoms. The molecule has 1 unspecified atom stereocenters. The van der Waals surface area contributed by atoms with Crippen LogP contribution in [-0.2, 0) is 17.8 Å². The van der Waals surface area contributed by atoms with Crippen molar-refractivity contribution in [3.8, 4) is 0 Å². The normalized spacial score (nSPS) is 22.6. The van der Waals surface area contributed by atoms with Crippen LogP contribution in [0.4, 0.5) is 10.5 Å². The Hall–Kier alpha value is -3.77. The molecule has 3 aromatic carbocycles. The summed E-state index contributed by atoms with van der Waals surface area (Å²) in [7, 11) is 2.26. The van der Waals surface area contributed by atoms with Gasteiger partial charge in [-0.15, -0.1) is 0 Å². The zero-order chi connectivity index (χ0) is 28.6. The maximum atomic E-state index is 13.2. The Morgan fingerprint density at radius 1 is 0.976 bits per heavy atom. The molecule has 218 valence electrons. The molecule has 1 fully saturated rings. The van der Waals surface area contributed by atoms with Gasteiger partial charge in [0.05, 0.1) is 0 Å². The molecule has 0 bridgehead atoms. The molecule has 1 aromatic heterocycles. The van der Waals surface area contributed by atoms with Crippen molar-refractivity contribution in [3.63, 3.8) is 0 Å². The van der Waals surface area contributed by atoms with Crippen LogP contribution in [0.1, 0.15) is 66.0 Å². The van der Waals surface area contributed by atoms with E-state index >= 15 is 0 Å². The van der Waals surface area contributed by atoms with Gasteiger partial charge in [-0.25, -0.2) is 4.79 Å². The Bertz CT molecular complexity index is 1560. The summed E-state index contributed by atoms with van der Waals surface area (Å²) in [4.78, 5) is 24.2. The summed E-state index contributed by atoms with van der Waals surface area (Å²) < 4.78 is 5.77. The van der Waals surface area contributed by atoms with E-state index in [4.69, 9.17) is 4.74 Å². The number of hydrogen-bond donors (Lipinski definition) is 1. The van der Waals surface area contributed by atoms with Crippen LogP contribution in [0.25, 0.3) is 10.9 Å². The molecule has 0 spiro atoms. The topological polar surface area (TPSA) is 51.8 Å². The van der Waals surface area contributed by atoms with E-state index < -0.39 is 0 Å². The molecule has 7 rings (SSSR count). The van der Waals surface area contributed by atoms with Crippen LogP contribution in [-0.4, -0.2) is 66.7 Å². The Morgan fingerprint density at radius 3 is 2.67 bits per heavy atom. The summed E-state index contributed by atoms with van der Waals surface area (Å²) in [6, 6.07) is 26.5. The number of carbonyl (C=O) groups excluding carboxylic acids is 1. The number of hydrogen-bond acceptors (Lipinski definition) is 4. The highest BCUT2D eigenvalue weighted by molar-refractivity contribution is 5.85. The van der Waals surface area contributed by atoms with E-state index in [0.29, 0.717) is 31.7 Å². The predicted octanol–water partition coefficient (Wildman–Crippen LogP) is 6.90. The number of para-hydroxylation sites is 1. The van der Waals surface area contributed by atoms with E-state index in [2.05, 4.69) is 71.2 Å². The zero-order valence-corrected chi connectivity index (χ0v) is 24.9. The Kier molecular flexibility index (Phi) is 7.41. The molecule has 4 aromatic rings. The highest BCUT2D eigenvalue weighted by Gasteiger charge is 2.41. The third-order valence-electron chi connectivity index (χ3n) is 9.89. The second kappa shape index (κ2) is 11.5. The second-order valence-corrected chi connectivity index (χ2v) is 12.4. The van der Waals surface area contributed by atoms with Crippen LogP contribution >= 0.6 is 0 Å². The van der Waals surface area contributed by atoms with E-state index in [1.165, 1.54) is 51.9 Å². The molecule has 1 N–H and O–H groups in total. The fraction of sp³-hybridized carbons (Fsp3) is 0.417. The minimum atomic E-state index is -0.219. The van der Waals surface area contributed by atoms with Crippen molar-refractivity contribution in [1.29, 1.82) is 0 Å². The number of benzene rings is 3. The van der Waals surface area contributed by atoms with E-state index in [0.717, 1.165) is 37.9 Å². The second-order valence-electron chi connectivity index (χ2n) is 12.4. The lowest BCUT2D eigenvalue weighted by atomic mass is 9.84. The fourth-order valence-electron chi connectivity index (χ4n) is 7.82. The summed E-state index contributed by atoms with van der Waals surface area (Å²) in [6.07, 6.45) is 3.72. The van der Waals surface area contributed by atoms with Gasteiger partial charge in [0.15, 0.2) is 0 Å². The molecule has 0 radical (unpaired) electrons. The van der Waals surface area contributed by atoms with Gasteiger partial charge in [-0.3, -0.25) is 0 Å². The fourth-order valence-corrected chi connectivity index (χ4v) is 7.82. The first-order valence-corrected chi connectivity index (χ1v) is 15.7. The molecule has 0 aliphatic carbocycles. The SMILES string of the molecule is CCN1c2ccc(C3CCCN(C(=O)OCc4ccccc4)CCc4c3[nH]c3ccccc43)cc2[C@@H]2CN(C)CC[C@H]21. The van der Waals surface area contributed by atoms with Crippen LogP contribution in [0.3, 0.4) is 0 Å². The molecule has 3 aliphatic rings. The summed E-state index contributed by atoms with van der Waals surface area (Å²) in [5.74, 6) is 0.820. The largest absolute Gasteiger partial charge is 0.445 e. The van der Waals surface area contributed by atoms with Gasteiger partial charge in [-0.1, -0.05) is 60.7 Å². The zero-order valence-electron chi connectivity index (χ0n) is 24.9. The van der Waals surface area contributed by atoms with E-state index in [9.17, 15) is 4.79 Å². The smallest absolute Gasteiger partial charge is 0.410 e. The summed E-state index contributed by atoms with van der Waals surface area (Å²) >= 11 is 0.